The molecule has 0 bridgehead atoms. The molecular formula is C38H40N2O6S2. The normalized spacial score (nSPS) is 12.1. The minimum absolute atomic E-state index is 0.137. The molecule has 48 heavy (non-hydrogen) atoms. The number of benzene rings is 5. The van der Waals surface area contributed by atoms with Crippen molar-refractivity contribution >= 4 is 33.5 Å². The van der Waals surface area contributed by atoms with Crippen LogP contribution in [0.2, 0.25) is 0 Å². The number of nitrogens with zero attached hydrogens (tertiary/aromatic N) is 2. The molecule has 0 fully saturated rings. The number of anilines is 2. The van der Waals surface area contributed by atoms with Crippen LogP contribution < -0.4 is 9.80 Å². The average molecular weight is 685 g/mol. The van der Waals surface area contributed by atoms with E-state index < -0.39 is 10.1 Å². The van der Waals surface area contributed by atoms with Crippen LogP contribution in [0, 0.1) is 6.92 Å². The quantitative estimate of drug-likeness (QED) is 0.0368. The highest BCUT2D eigenvalue weighted by Crippen LogP contribution is 2.35. The molecule has 250 valence electrons. The van der Waals surface area contributed by atoms with E-state index in [-0.39, 0.29) is 10.8 Å². The molecule has 0 saturated heterocycles. The summed E-state index contributed by atoms with van der Waals surface area (Å²) in [6.45, 7) is 9.48. The highest BCUT2D eigenvalue weighted by Gasteiger charge is 2.20. The van der Waals surface area contributed by atoms with Crippen LogP contribution in [0.4, 0.5) is 11.4 Å². The molecule has 0 aliphatic carbocycles. The maximum Gasteiger partial charge on any atom is 0.294 e. The van der Waals surface area contributed by atoms with E-state index in [4.69, 9.17) is 5.26 Å². The first kappa shape index (κ1) is 35.2. The van der Waals surface area contributed by atoms with Crippen LogP contribution in [0.5, 0.6) is 0 Å². The van der Waals surface area contributed by atoms with Gasteiger partial charge in [0.05, 0.1) is 16.9 Å². The molecule has 0 radical (unpaired) electrons. The molecule has 0 amide bonds. The van der Waals surface area contributed by atoms with E-state index in [1.807, 2.05) is 24.3 Å². The lowest BCUT2D eigenvalue weighted by Gasteiger charge is -2.26. The molecule has 5 aromatic carbocycles. The maximum absolute atomic E-state index is 11.8. The van der Waals surface area contributed by atoms with Gasteiger partial charge in [-0.3, -0.25) is 4.55 Å². The molecule has 5 aromatic rings. The fourth-order valence-electron chi connectivity index (χ4n) is 5.94. The highest BCUT2D eigenvalue weighted by atomic mass is 32.2. The van der Waals surface area contributed by atoms with Crippen molar-refractivity contribution in [1.82, 2.24) is 0 Å². The van der Waals surface area contributed by atoms with Gasteiger partial charge >= 0.3 is 0 Å². The van der Waals surface area contributed by atoms with Gasteiger partial charge < -0.3 is 9.80 Å². The van der Waals surface area contributed by atoms with Crippen molar-refractivity contribution in [1.29, 1.82) is 0 Å². The summed E-state index contributed by atoms with van der Waals surface area (Å²) >= 11 is 0.932. The number of hydrogen-bond donors (Lipinski definition) is 2. The Hall–Kier alpha value is -4.16. The van der Waals surface area contributed by atoms with Gasteiger partial charge in [0.2, 0.25) is 0 Å². The molecule has 0 aliphatic heterocycles. The topological polar surface area (TPSA) is 99.5 Å². The first-order valence-corrected chi connectivity index (χ1v) is 17.9. The van der Waals surface area contributed by atoms with Crippen LogP contribution in [-0.4, -0.2) is 31.3 Å². The van der Waals surface area contributed by atoms with Crippen LogP contribution >= 0.6 is 12.0 Å². The van der Waals surface area contributed by atoms with Crippen LogP contribution in [0.25, 0.3) is 0 Å². The molecule has 0 aliphatic rings. The lowest BCUT2D eigenvalue weighted by Crippen LogP contribution is -2.22. The Morgan fingerprint density at radius 2 is 1.17 bits per heavy atom. The zero-order valence-electron chi connectivity index (χ0n) is 27.2. The smallest absolute Gasteiger partial charge is 0.294 e. The predicted octanol–water partition coefficient (Wildman–Crippen LogP) is 8.90. The molecular weight excluding hydrogens is 645 g/mol. The predicted molar refractivity (Wildman–Crippen MR) is 192 cm³/mol. The van der Waals surface area contributed by atoms with E-state index in [1.54, 1.807) is 12.1 Å². The van der Waals surface area contributed by atoms with Crippen molar-refractivity contribution in [3.63, 3.8) is 0 Å². The summed E-state index contributed by atoms with van der Waals surface area (Å²) in [5.41, 5.74) is 8.77. The molecule has 0 aromatic heterocycles. The van der Waals surface area contributed by atoms with Crippen molar-refractivity contribution in [2.24, 2.45) is 0 Å². The van der Waals surface area contributed by atoms with Crippen molar-refractivity contribution in [3.8, 4) is 0 Å². The summed E-state index contributed by atoms with van der Waals surface area (Å²) in [6.07, 6.45) is 0. The standard InChI is InChI=1S/C38H40N2O6S2/c1-4-39(26-29-9-6-8-28(3)24-29)34-18-12-31(13-19-34)38(33-16-22-37(23-17-33)48(42,43)44)32-14-20-35(21-15-32)40(5-2)27-30-10-7-11-36(25-30)47-46-45-41/h6-25,38,41H,4-5,26-27H2,1-3H3,(H,42,43,44). The SMILES string of the molecule is CCN(Cc1cccc(C)c1)c1ccc(C(c2ccc(N(CC)Cc3cccc(SOOO)c3)cc2)c2ccc(S(=O)(=O)O)cc2)cc1. The molecule has 8 nitrogen and oxygen atoms in total. The second-order valence-corrected chi connectivity index (χ2v) is 13.7. The molecule has 0 heterocycles. The summed E-state index contributed by atoms with van der Waals surface area (Å²) in [6, 6.07) is 39.8. The molecule has 1 atom stereocenters. The number of rotatable bonds is 15. The van der Waals surface area contributed by atoms with Crippen LogP contribution in [0.3, 0.4) is 0 Å². The van der Waals surface area contributed by atoms with E-state index >= 15 is 0 Å². The zero-order valence-corrected chi connectivity index (χ0v) is 28.8. The summed E-state index contributed by atoms with van der Waals surface area (Å²) in [5.74, 6) is -0.173. The first-order valence-electron chi connectivity index (χ1n) is 15.7. The van der Waals surface area contributed by atoms with Crippen molar-refractivity contribution in [2.75, 3.05) is 22.9 Å². The molecule has 0 spiro atoms. The van der Waals surface area contributed by atoms with E-state index in [0.717, 1.165) is 70.2 Å². The lowest BCUT2D eigenvalue weighted by molar-refractivity contribution is -0.432. The Kier molecular flexibility index (Phi) is 11.9. The van der Waals surface area contributed by atoms with E-state index in [9.17, 15) is 13.0 Å². The maximum atomic E-state index is 11.8. The Morgan fingerprint density at radius 3 is 1.62 bits per heavy atom. The van der Waals surface area contributed by atoms with Gasteiger partial charge in [0.1, 0.15) is 0 Å². The van der Waals surface area contributed by atoms with Crippen molar-refractivity contribution in [2.45, 2.75) is 49.6 Å². The second kappa shape index (κ2) is 16.3. The van der Waals surface area contributed by atoms with Gasteiger partial charge in [0.25, 0.3) is 10.1 Å². The summed E-state index contributed by atoms with van der Waals surface area (Å²) in [7, 11) is -4.31. The van der Waals surface area contributed by atoms with Crippen LogP contribution in [0.15, 0.2) is 131 Å². The molecule has 1 unspecified atom stereocenters. The van der Waals surface area contributed by atoms with Gasteiger partial charge in [-0.25, -0.2) is 5.26 Å². The van der Waals surface area contributed by atoms with Gasteiger partial charge in [-0.15, -0.1) is 4.33 Å². The van der Waals surface area contributed by atoms with Gasteiger partial charge in [-0.2, -0.15) is 8.42 Å². The molecule has 2 N–H and O–H groups in total. The fourth-order valence-corrected chi connectivity index (χ4v) is 6.86. The van der Waals surface area contributed by atoms with E-state index in [0.29, 0.717) is 6.54 Å². The van der Waals surface area contributed by atoms with Gasteiger partial charge in [-0.05, 0) is 97.1 Å². The second-order valence-electron chi connectivity index (χ2n) is 11.6. The minimum Gasteiger partial charge on any atom is -0.367 e. The first-order chi connectivity index (χ1) is 23.2. The van der Waals surface area contributed by atoms with Gasteiger partial charge in [0, 0.05) is 48.4 Å². The monoisotopic (exact) mass is 684 g/mol. The average Bonchev–Trinajstić information content (AvgIpc) is 3.09. The van der Waals surface area contributed by atoms with Crippen molar-refractivity contribution < 1.29 is 27.6 Å². The molecule has 0 saturated carbocycles. The molecule has 5 rings (SSSR count). The van der Waals surface area contributed by atoms with Gasteiger partial charge in [-0.1, -0.05) is 83.4 Å². The Morgan fingerprint density at radius 1 is 0.688 bits per heavy atom. The largest absolute Gasteiger partial charge is 0.367 e. The Balaban J connectivity index is 1.43. The lowest BCUT2D eigenvalue weighted by atomic mass is 9.85. The number of aryl methyl sites for hydroxylation is 1. The summed E-state index contributed by atoms with van der Waals surface area (Å²) < 4.78 is 37.7. The Labute approximate surface area is 287 Å². The van der Waals surface area contributed by atoms with E-state index in [2.05, 4.69) is 113 Å². The highest BCUT2D eigenvalue weighted by molar-refractivity contribution is 7.94. The third-order valence-corrected chi connectivity index (χ3v) is 9.79. The van der Waals surface area contributed by atoms with E-state index in [1.165, 1.54) is 23.3 Å². The summed E-state index contributed by atoms with van der Waals surface area (Å²) in [4.78, 5) is 5.26. The van der Waals surface area contributed by atoms with Crippen LogP contribution in [-0.2, 0) is 32.6 Å². The minimum atomic E-state index is -4.31. The van der Waals surface area contributed by atoms with Crippen molar-refractivity contribution in [3.05, 3.63) is 155 Å². The fraction of sp³-hybridized carbons (Fsp3) is 0.211. The van der Waals surface area contributed by atoms with Gasteiger partial charge in [0.15, 0.2) is 0 Å². The summed E-state index contributed by atoms with van der Waals surface area (Å²) in [5, 5.41) is 12.2. The number of hydrogen-bond acceptors (Lipinski definition) is 8. The third kappa shape index (κ3) is 9.04. The van der Waals surface area contributed by atoms with Crippen LogP contribution in [0.1, 0.15) is 53.1 Å². The zero-order chi connectivity index (χ0) is 34.1. The Bertz CT molecular complexity index is 1880. The molecule has 10 heteroatoms. The third-order valence-electron chi connectivity index (χ3n) is 8.35.